The first kappa shape index (κ1) is 12.2. The number of rotatable bonds is 5. The van der Waals surface area contributed by atoms with E-state index in [9.17, 15) is 0 Å². The molecule has 5 heteroatoms. The third kappa shape index (κ3) is 2.71. The maximum Gasteiger partial charge on any atom is 0.115 e. The van der Waals surface area contributed by atoms with Crippen molar-refractivity contribution in [3.63, 3.8) is 0 Å². The molecule has 2 heterocycles. The van der Waals surface area contributed by atoms with Crippen molar-refractivity contribution in [2.75, 3.05) is 6.54 Å². The van der Waals surface area contributed by atoms with Crippen molar-refractivity contribution < 1.29 is 0 Å². The zero-order valence-electron chi connectivity index (χ0n) is 8.94. The van der Waals surface area contributed by atoms with Crippen LogP contribution in [0.5, 0.6) is 0 Å². The van der Waals surface area contributed by atoms with Crippen LogP contribution in [0.25, 0.3) is 0 Å². The van der Waals surface area contributed by atoms with Gasteiger partial charge < -0.3 is 5.32 Å². The molecule has 0 fully saturated rings. The first-order valence-corrected chi connectivity index (χ1v) is 7.73. The van der Waals surface area contributed by atoms with Gasteiger partial charge in [0, 0.05) is 20.9 Å². The molecule has 2 aromatic heterocycles. The summed E-state index contributed by atoms with van der Waals surface area (Å²) in [6, 6.07) is 2.32. The van der Waals surface area contributed by atoms with Crippen LogP contribution in [-0.2, 0) is 0 Å². The summed E-state index contributed by atoms with van der Waals surface area (Å²) in [4.78, 5) is 5.72. The van der Waals surface area contributed by atoms with Crippen LogP contribution in [-0.4, -0.2) is 11.5 Å². The second-order valence-corrected chi connectivity index (χ2v) is 6.12. The summed E-state index contributed by atoms with van der Waals surface area (Å²) in [5, 5.41) is 8.81. The van der Waals surface area contributed by atoms with Gasteiger partial charge in [-0.15, -0.1) is 22.7 Å². The summed E-state index contributed by atoms with van der Waals surface area (Å²) in [6.45, 7) is 3.18. The third-order valence-electron chi connectivity index (χ3n) is 2.20. The standard InChI is InChI=1S/C11H13BrN2S2/c1-2-4-13-9(11-14-5-7-16-11)10-8(12)3-6-15-10/h3,5-7,9,13H,2,4H2,1H3. The SMILES string of the molecule is CCCNC(c1nccs1)c1sccc1Br. The van der Waals surface area contributed by atoms with Gasteiger partial charge in [-0.05, 0) is 40.3 Å². The van der Waals surface area contributed by atoms with Crippen LogP contribution in [0, 0.1) is 0 Å². The van der Waals surface area contributed by atoms with Gasteiger partial charge in [0.25, 0.3) is 0 Å². The van der Waals surface area contributed by atoms with Crippen LogP contribution < -0.4 is 5.32 Å². The molecule has 0 aliphatic carbocycles. The smallest absolute Gasteiger partial charge is 0.115 e. The van der Waals surface area contributed by atoms with E-state index in [0.29, 0.717) is 0 Å². The summed E-state index contributed by atoms with van der Waals surface area (Å²) < 4.78 is 1.17. The summed E-state index contributed by atoms with van der Waals surface area (Å²) in [6.07, 6.45) is 2.99. The third-order valence-corrected chi connectivity index (χ3v) is 4.98. The lowest BCUT2D eigenvalue weighted by Crippen LogP contribution is -2.22. The minimum Gasteiger partial charge on any atom is -0.304 e. The monoisotopic (exact) mass is 316 g/mol. The van der Waals surface area contributed by atoms with Gasteiger partial charge in [0.1, 0.15) is 5.01 Å². The molecule has 1 N–H and O–H groups in total. The molecule has 16 heavy (non-hydrogen) atoms. The van der Waals surface area contributed by atoms with Crippen LogP contribution in [0.15, 0.2) is 27.5 Å². The summed E-state index contributed by atoms with van der Waals surface area (Å²) in [7, 11) is 0. The molecule has 0 bridgehead atoms. The molecular weight excluding hydrogens is 304 g/mol. The van der Waals surface area contributed by atoms with E-state index in [0.717, 1.165) is 18.0 Å². The minimum absolute atomic E-state index is 0.231. The van der Waals surface area contributed by atoms with E-state index in [1.807, 2.05) is 11.6 Å². The van der Waals surface area contributed by atoms with Gasteiger partial charge in [0.2, 0.25) is 0 Å². The average Bonchev–Trinajstić information content (AvgIpc) is 2.91. The number of nitrogens with zero attached hydrogens (tertiary/aromatic N) is 1. The summed E-state index contributed by atoms with van der Waals surface area (Å²) in [5.74, 6) is 0. The molecule has 0 radical (unpaired) electrons. The highest BCUT2D eigenvalue weighted by Gasteiger charge is 2.19. The highest BCUT2D eigenvalue weighted by Crippen LogP contribution is 2.33. The number of thiophene rings is 1. The van der Waals surface area contributed by atoms with Gasteiger partial charge in [0.05, 0.1) is 6.04 Å². The predicted molar refractivity (Wildman–Crippen MR) is 74.3 cm³/mol. The molecule has 0 spiro atoms. The molecular formula is C11H13BrN2S2. The molecule has 1 unspecified atom stereocenters. The quantitative estimate of drug-likeness (QED) is 0.900. The molecule has 86 valence electrons. The zero-order valence-corrected chi connectivity index (χ0v) is 12.2. The zero-order chi connectivity index (χ0) is 11.4. The predicted octanol–water partition coefficient (Wildman–Crippen LogP) is 4.06. The van der Waals surface area contributed by atoms with E-state index < -0.39 is 0 Å². The summed E-state index contributed by atoms with van der Waals surface area (Å²) >= 11 is 7.06. The number of aromatic nitrogens is 1. The Bertz CT molecular complexity index is 425. The Morgan fingerprint density at radius 1 is 1.44 bits per heavy atom. The van der Waals surface area contributed by atoms with Crippen molar-refractivity contribution in [1.29, 1.82) is 0 Å². The van der Waals surface area contributed by atoms with E-state index in [4.69, 9.17) is 0 Å². The molecule has 2 aromatic rings. The van der Waals surface area contributed by atoms with Gasteiger partial charge >= 0.3 is 0 Å². The number of nitrogens with one attached hydrogen (secondary N) is 1. The lowest BCUT2D eigenvalue weighted by atomic mass is 10.2. The normalized spacial score (nSPS) is 12.9. The Morgan fingerprint density at radius 3 is 2.88 bits per heavy atom. The van der Waals surface area contributed by atoms with Crippen LogP contribution in [0.2, 0.25) is 0 Å². The fraction of sp³-hybridized carbons (Fsp3) is 0.364. The largest absolute Gasteiger partial charge is 0.304 e. The second-order valence-electron chi connectivity index (χ2n) is 3.39. The van der Waals surface area contributed by atoms with Gasteiger partial charge in [0.15, 0.2) is 0 Å². The van der Waals surface area contributed by atoms with Gasteiger partial charge in [-0.2, -0.15) is 0 Å². The van der Waals surface area contributed by atoms with Crippen molar-refractivity contribution in [1.82, 2.24) is 10.3 Å². The molecule has 2 nitrogen and oxygen atoms in total. The van der Waals surface area contributed by atoms with E-state index >= 15 is 0 Å². The highest BCUT2D eigenvalue weighted by atomic mass is 79.9. The number of hydrogen-bond acceptors (Lipinski definition) is 4. The molecule has 0 saturated heterocycles. The van der Waals surface area contributed by atoms with Crippen molar-refractivity contribution in [2.24, 2.45) is 0 Å². The van der Waals surface area contributed by atoms with Crippen molar-refractivity contribution in [3.8, 4) is 0 Å². The van der Waals surface area contributed by atoms with Crippen molar-refractivity contribution >= 4 is 38.6 Å². The van der Waals surface area contributed by atoms with Crippen molar-refractivity contribution in [2.45, 2.75) is 19.4 Å². The molecule has 0 saturated carbocycles. The second kappa shape index (κ2) is 5.91. The first-order valence-electron chi connectivity index (χ1n) is 5.18. The molecule has 0 aliphatic rings. The Hall–Kier alpha value is -0.230. The van der Waals surface area contributed by atoms with E-state index in [1.165, 1.54) is 9.35 Å². The average molecular weight is 317 g/mol. The van der Waals surface area contributed by atoms with Crippen molar-refractivity contribution in [3.05, 3.63) is 37.4 Å². The van der Waals surface area contributed by atoms with Crippen LogP contribution in [0.3, 0.4) is 0 Å². The van der Waals surface area contributed by atoms with E-state index in [1.54, 1.807) is 22.7 Å². The Labute approximate surface area is 112 Å². The maximum absolute atomic E-state index is 4.41. The lowest BCUT2D eigenvalue weighted by Gasteiger charge is -2.15. The summed E-state index contributed by atoms with van der Waals surface area (Å²) in [5.41, 5.74) is 0. The van der Waals surface area contributed by atoms with Gasteiger partial charge in [-0.1, -0.05) is 6.92 Å². The maximum atomic E-state index is 4.41. The molecule has 1 atom stereocenters. The van der Waals surface area contributed by atoms with E-state index in [-0.39, 0.29) is 6.04 Å². The number of hydrogen-bond donors (Lipinski definition) is 1. The molecule has 2 rings (SSSR count). The number of thiazole rings is 1. The Morgan fingerprint density at radius 2 is 2.31 bits per heavy atom. The van der Waals surface area contributed by atoms with Crippen LogP contribution in [0.4, 0.5) is 0 Å². The fourth-order valence-corrected chi connectivity index (χ4v) is 3.94. The highest BCUT2D eigenvalue weighted by molar-refractivity contribution is 9.10. The lowest BCUT2D eigenvalue weighted by molar-refractivity contribution is 0.602. The van der Waals surface area contributed by atoms with E-state index in [2.05, 4.69) is 44.6 Å². The molecule has 0 aliphatic heterocycles. The first-order chi connectivity index (χ1) is 7.83. The van der Waals surface area contributed by atoms with Gasteiger partial charge in [-0.3, -0.25) is 0 Å². The minimum atomic E-state index is 0.231. The fourth-order valence-electron chi connectivity index (χ4n) is 1.47. The molecule has 0 amide bonds. The van der Waals surface area contributed by atoms with Gasteiger partial charge in [-0.25, -0.2) is 4.98 Å². The Kier molecular flexibility index (Phi) is 4.52. The molecule has 0 aromatic carbocycles. The van der Waals surface area contributed by atoms with Crippen LogP contribution >= 0.6 is 38.6 Å². The van der Waals surface area contributed by atoms with Crippen LogP contribution in [0.1, 0.15) is 29.3 Å². The number of halogens is 1. The topological polar surface area (TPSA) is 24.9 Å². The Balaban J connectivity index is 2.25.